The first-order valence-electron chi connectivity index (χ1n) is 10.4. The highest BCUT2D eigenvalue weighted by atomic mass is 16.5. The van der Waals surface area contributed by atoms with Crippen LogP contribution in [0.5, 0.6) is 5.75 Å². The van der Waals surface area contributed by atoms with Crippen molar-refractivity contribution in [1.82, 2.24) is 25.0 Å². The molecule has 0 saturated carbocycles. The lowest BCUT2D eigenvalue weighted by atomic mass is 10.2. The van der Waals surface area contributed by atoms with E-state index in [0.29, 0.717) is 0 Å². The molecule has 1 atom stereocenters. The normalized spacial score (nSPS) is 15.4. The molecule has 4 rings (SSSR count). The average molecular weight is 422 g/mol. The first kappa shape index (κ1) is 20.9. The molecule has 3 heterocycles. The fourth-order valence-corrected chi connectivity index (χ4v) is 3.76. The van der Waals surface area contributed by atoms with Crippen molar-refractivity contribution < 1.29 is 13.9 Å². The fraction of sp³-hybridized carbons (Fsp3) is 0.348. The van der Waals surface area contributed by atoms with Crippen LogP contribution in [0, 0.1) is 0 Å². The van der Waals surface area contributed by atoms with E-state index in [0.717, 1.165) is 55.6 Å². The molecule has 0 unspecified atom stereocenters. The van der Waals surface area contributed by atoms with Crippen molar-refractivity contribution in [3.05, 3.63) is 71.7 Å². The Morgan fingerprint density at radius 1 is 1.23 bits per heavy atom. The van der Waals surface area contributed by atoms with E-state index < -0.39 is 0 Å². The number of methoxy groups -OCH3 is 1. The highest BCUT2D eigenvalue weighted by Gasteiger charge is 2.23. The molecule has 1 aliphatic rings. The number of hydrogen-bond acceptors (Lipinski definition) is 6. The Morgan fingerprint density at radius 2 is 2.10 bits per heavy atom. The Balaban J connectivity index is 1.36. The van der Waals surface area contributed by atoms with Gasteiger partial charge in [0.2, 0.25) is 0 Å². The molecule has 31 heavy (non-hydrogen) atoms. The van der Waals surface area contributed by atoms with Crippen LogP contribution in [0.15, 0.2) is 53.2 Å². The third-order valence-electron chi connectivity index (χ3n) is 5.43. The first-order chi connectivity index (χ1) is 15.2. The van der Waals surface area contributed by atoms with Gasteiger partial charge in [0.05, 0.1) is 19.4 Å². The maximum absolute atomic E-state index is 12.3. The number of para-hydroxylation sites is 1. The molecule has 3 aromatic rings. The van der Waals surface area contributed by atoms with Crippen molar-refractivity contribution in [2.45, 2.75) is 25.9 Å². The predicted octanol–water partition coefficient (Wildman–Crippen LogP) is 2.94. The number of rotatable bonds is 7. The van der Waals surface area contributed by atoms with Crippen LogP contribution in [0.1, 0.15) is 40.7 Å². The first-order valence-corrected chi connectivity index (χ1v) is 10.4. The molecule has 162 valence electrons. The van der Waals surface area contributed by atoms with E-state index in [1.54, 1.807) is 19.2 Å². The molecule has 0 saturated heterocycles. The lowest BCUT2D eigenvalue weighted by Crippen LogP contribution is -2.30. The van der Waals surface area contributed by atoms with Gasteiger partial charge in [-0.2, -0.15) is 0 Å². The topological polar surface area (TPSA) is 85.4 Å². The predicted molar refractivity (Wildman–Crippen MR) is 117 cm³/mol. The van der Waals surface area contributed by atoms with Crippen LogP contribution in [0.4, 0.5) is 0 Å². The van der Waals surface area contributed by atoms with Crippen LogP contribution in [-0.2, 0) is 13.0 Å². The van der Waals surface area contributed by atoms with E-state index in [-0.39, 0.29) is 17.7 Å². The van der Waals surface area contributed by atoms with Crippen molar-refractivity contribution in [3.63, 3.8) is 0 Å². The van der Waals surface area contributed by atoms with Crippen LogP contribution in [-0.4, -0.2) is 52.3 Å². The fourth-order valence-electron chi connectivity index (χ4n) is 3.76. The Kier molecular flexibility index (Phi) is 6.47. The van der Waals surface area contributed by atoms with E-state index in [4.69, 9.17) is 9.15 Å². The molecule has 1 aromatic carbocycles. The van der Waals surface area contributed by atoms with Gasteiger partial charge in [0.25, 0.3) is 5.91 Å². The van der Waals surface area contributed by atoms with Crippen molar-refractivity contribution in [3.8, 4) is 5.75 Å². The van der Waals surface area contributed by atoms with Crippen molar-refractivity contribution in [1.29, 1.82) is 0 Å². The number of nitrogens with one attached hydrogen (secondary N) is 1. The maximum Gasteiger partial charge on any atom is 0.287 e. The molecule has 0 aliphatic carbocycles. The van der Waals surface area contributed by atoms with Crippen LogP contribution >= 0.6 is 0 Å². The van der Waals surface area contributed by atoms with E-state index in [1.165, 1.54) is 6.26 Å². The minimum Gasteiger partial charge on any atom is -0.496 e. The van der Waals surface area contributed by atoms with E-state index >= 15 is 0 Å². The number of benzene rings is 1. The molecule has 1 N–H and O–H groups in total. The van der Waals surface area contributed by atoms with Gasteiger partial charge in [-0.3, -0.25) is 9.69 Å². The summed E-state index contributed by atoms with van der Waals surface area (Å²) in [6.45, 7) is 5.32. The molecule has 8 heteroatoms. The minimum absolute atomic E-state index is 0.258. The summed E-state index contributed by atoms with van der Waals surface area (Å²) < 4.78 is 12.7. The van der Waals surface area contributed by atoms with Gasteiger partial charge in [0.15, 0.2) is 11.6 Å². The number of fused-ring (bicyclic) bond motifs is 1. The lowest BCUT2D eigenvalue weighted by Gasteiger charge is -2.18. The third-order valence-corrected chi connectivity index (χ3v) is 5.43. The number of furan rings is 1. The van der Waals surface area contributed by atoms with Gasteiger partial charge in [-0.25, -0.2) is 0 Å². The molecule has 0 radical (unpaired) electrons. The zero-order chi connectivity index (χ0) is 21.6. The summed E-state index contributed by atoms with van der Waals surface area (Å²) in [7, 11) is 1.69. The van der Waals surface area contributed by atoms with Crippen LogP contribution in [0.25, 0.3) is 6.08 Å². The molecule has 0 fully saturated rings. The smallest absolute Gasteiger partial charge is 0.287 e. The zero-order valence-corrected chi connectivity index (χ0v) is 17.8. The lowest BCUT2D eigenvalue weighted by molar-refractivity contribution is 0.0909. The summed E-state index contributed by atoms with van der Waals surface area (Å²) in [5.74, 6) is 2.62. The van der Waals surface area contributed by atoms with Crippen molar-refractivity contribution in [2.75, 3.05) is 26.7 Å². The van der Waals surface area contributed by atoms with E-state index in [9.17, 15) is 4.79 Å². The summed E-state index contributed by atoms with van der Waals surface area (Å²) >= 11 is 0. The van der Waals surface area contributed by atoms with Crippen molar-refractivity contribution in [2.24, 2.45) is 0 Å². The summed E-state index contributed by atoms with van der Waals surface area (Å²) in [4.78, 5) is 14.7. The van der Waals surface area contributed by atoms with Gasteiger partial charge in [0, 0.05) is 38.2 Å². The minimum atomic E-state index is -0.268. The van der Waals surface area contributed by atoms with Gasteiger partial charge >= 0.3 is 0 Å². The number of nitrogens with zero attached hydrogens (tertiary/aromatic N) is 4. The summed E-state index contributed by atoms with van der Waals surface area (Å²) in [5, 5.41) is 11.6. The van der Waals surface area contributed by atoms with Gasteiger partial charge < -0.3 is 19.0 Å². The van der Waals surface area contributed by atoms with E-state index in [1.807, 2.05) is 31.2 Å². The van der Waals surface area contributed by atoms with Gasteiger partial charge in [-0.1, -0.05) is 30.4 Å². The van der Waals surface area contributed by atoms with E-state index in [2.05, 4.69) is 37.1 Å². The second-order valence-electron chi connectivity index (χ2n) is 7.49. The summed E-state index contributed by atoms with van der Waals surface area (Å²) in [6, 6.07) is 11.1. The Morgan fingerprint density at radius 3 is 2.90 bits per heavy atom. The third kappa shape index (κ3) is 4.86. The Hall–Kier alpha value is -3.39. The molecule has 1 amide bonds. The molecule has 0 bridgehead atoms. The van der Waals surface area contributed by atoms with Gasteiger partial charge in [-0.15, -0.1) is 10.2 Å². The molecule has 8 nitrogen and oxygen atoms in total. The second-order valence-corrected chi connectivity index (χ2v) is 7.49. The number of ether oxygens (including phenoxy) is 1. The number of hydrogen-bond donors (Lipinski definition) is 1. The van der Waals surface area contributed by atoms with Crippen LogP contribution in [0.2, 0.25) is 0 Å². The van der Waals surface area contributed by atoms with Gasteiger partial charge in [-0.05, 0) is 25.1 Å². The Labute approximate surface area is 181 Å². The van der Waals surface area contributed by atoms with Crippen LogP contribution in [0.3, 0.4) is 0 Å². The highest BCUT2D eigenvalue weighted by Crippen LogP contribution is 2.19. The molecular formula is C23H27N5O3. The summed E-state index contributed by atoms with van der Waals surface area (Å²) in [5.41, 5.74) is 1.07. The number of carbonyl (C=O) groups is 1. The maximum atomic E-state index is 12.3. The molecular weight excluding hydrogens is 394 g/mol. The van der Waals surface area contributed by atoms with Crippen molar-refractivity contribution >= 4 is 12.0 Å². The average Bonchev–Trinajstić information content (AvgIpc) is 3.42. The second kappa shape index (κ2) is 9.61. The van der Waals surface area contributed by atoms with Gasteiger partial charge in [0.1, 0.15) is 11.6 Å². The largest absolute Gasteiger partial charge is 0.496 e. The quantitative estimate of drug-likeness (QED) is 0.631. The highest BCUT2D eigenvalue weighted by molar-refractivity contribution is 5.91. The standard InChI is InChI=1S/C23H27N5O3/c1-17(24-23(29)20-10-6-16-31-20)22-26-25-21-11-13-27(14-15-28(21)22)12-5-8-18-7-3-4-9-19(18)30-2/h3-10,16-17H,11-15H2,1-2H3,(H,24,29)/b8-5+/t17-/m0/s1. The summed E-state index contributed by atoms with van der Waals surface area (Å²) in [6.07, 6.45) is 6.56. The number of aromatic nitrogens is 3. The number of carbonyl (C=O) groups excluding carboxylic acids is 1. The monoisotopic (exact) mass is 421 g/mol. The molecule has 0 spiro atoms. The Bertz CT molecular complexity index is 1040. The number of amides is 1. The zero-order valence-electron chi connectivity index (χ0n) is 17.8. The van der Waals surface area contributed by atoms with Crippen LogP contribution < -0.4 is 10.1 Å². The SMILES string of the molecule is COc1ccccc1/C=C/CN1CCc2nnc([C@H](C)NC(=O)c3ccco3)n2CC1. The molecule has 2 aromatic heterocycles. The molecule has 1 aliphatic heterocycles.